The minimum atomic E-state index is -0.583. The molecule has 0 aliphatic heterocycles. The summed E-state index contributed by atoms with van der Waals surface area (Å²) >= 11 is 0. The Bertz CT molecular complexity index is 396. The molecule has 1 heterocycles. The van der Waals surface area contributed by atoms with Crippen LogP contribution in [-0.2, 0) is 11.2 Å². The lowest BCUT2D eigenvalue weighted by Gasteiger charge is -2.00. The number of hydrogen-bond donors (Lipinski definition) is 3. The van der Waals surface area contributed by atoms with E-state index in [0.717, 1.165) is 0 Å². The Labute approximate surface area is 73.4 Å². The van der Waals surface area contributed by atoms with Crippen molar-refractivity contribution >= 4 is 11.7 Å². The van der Waals surface area contributed by atoms with Gasteiger partial charge in [0, 0.05) is 6.42 Å². The summed E-state index contributed by atoms with van der Waals surface area (Å²) in [5.74, 6) is -0.890. The van der Waals surface area contributed by atoms with Crippen molar-refractivity contribution in [2.75, 3.05) is 5.73 Å². The van der Waals surface area contributed by atoms with Gasteiger partial charge >= 0.3 is 0 Å². The van der Waals surface area contributed by atoms with Gasteiger partial charge in [-0.1, -0.05) is 0 Å². The lowest BCUT2D eigenvalue weighted by molar-refractivity contribution is -0.116. The second-order valence-electron chi connectivity index (χ2n) is 2.63. The number of ketones is 1. The fourth-order valence-electron chi connectivity index (χ4n) is 0.911. The fraction of sp³-hybridized carbons (Fsp3) is 0.286. The monoisotopic (exact) mass is 183 g/mol. The third-order valence-corrected chi connectivity index (χ3v) is 1.44. The molecule has 0 saturated carbocycles. The second kappa shape index (κ2) is 3.26. The highest BCUT2D eigenvalue weighted by Gasteiger charge is 2.10. The second-order valence-corrected chi connectivity index (χ2v) is 2.63. The van der Waals surface area contributed by atoms with Gasteiger partial charge in [0.2, 0.25) is 11.8 Å². The minimum Gasteiger partial charge on any atom is -0.493 e. The van der Waals surface area contributed by atoms with Crippen molar-refractivity contribution in [2.24, 2.45) is 0 Å². The number of nitrogens with zero attached hydrogens (tertiary/aromatic N) is 1. The van der Waals surface area contributed by atoms with Gasteiger partial charge in [0.05, 0.1) is 5.56 Å². The molecular weight excluding hydrogens is 174 g/mol. The summed E-state index contributed by atoms with van der Waals surface area (Å²) in [5.41, 5.74) is 4.51. The van der Waals surface area contributed by atoms with Gasteiger partial charge in [-0.15, -0.1) is 0 Å². The van der Waals surface area contributed by atoms with Crippen LogP contribution in [0.2, 0.25) is 0 Å². The van der Waals surface area contributed by atoms with Crippen molar-refractivity contribution in [3.05, 3.63) is 15.9 Å². The Hall–Kier alpha value is -1.85. The van der Waals surface area contributed by atoms with Gasteiger partial charge in [-0.25, -0.2) is 0 Å². The summed E-state index contributed by atoms with van der Waals surface area (Å²) in [6.45, 7) is 1.31. The van der Waals surface area contributed by atoms with Gasteiger partial charge < -0.3 is 10.8 Å². The lowest BCUT2D eigenvalue weighted by Crippen LogP contribution is -2.18. The van der Waals surface area contributed by atoms with Crippen LogP contribution in [0.4, 0.5) is 5.95 Å². The highest BCUT2D eigenvalue weighted by atomic mass is 16.3. The predicted molar refractivity (Wildman–Crippen MR) is 45.3 cm³/mol. The molecule has 6 heteroatoms. The normalized spacial score (nSPS) is 9.92. The number of Topliss-reactive ketones (excluding diaryl/α,β-unsaturated/α-hetero) is 1. The molecule has 0 atom stereocenters. The first kappa shape index (κ1) is 9.24. The van der Waals surface area contributed by atoms with Gasteiger partial charge in [0.1, 0.15) is 5.78 Å². The van der Waals surface area contributed by atoms with Crippen LogP contribution in [0.5, 0.6) is 5.88 Å². The van der Waals surface area contributed by atoms with Crippen LogP contribution in [0.3, 0.4) is 0 Å². The number of carbonyl (C=O) groups excluding carboxylic acids is 1. The first-order valence-electron chi connectivity index (χ1n) is 3.57. The number of nitrogen functional groups attached to an aromatic ring is 1. The number of anilines is 1. The Morgan fingerprint density at radius 2 is 2.31 bits per heavy atom. The zero-order chi connectivity index (χ0) is 10.0. The standard InChI is InChI=1S/C7H9N3O3/c1-3(11)2-4-5(12)9-7(8)10-6(4)13/h2H2,1H3,(H4,8,9,10,12,13). The molecule has 0 saturated heterocycles. The van der Waals surface area contributed by atoms with E-state index < -0.39 is 11.4 Å². The number of hydrogen-bond acceptors (Lipinski definition) is 5. The van der Waals surface area contributed by atoms with E-state index >= 15 is 0 Å². The molecule has 0 amide bonds. The number of nitrogens with one attached hydrogen (secondary N) is 1. The SMILES string of the molecule is CC(=O)Cc1c(O)nc(N)[nH]c1=O. The Balaban J connectivity index is 3.21. The van der Waals surface area contributed by atoms with Gasteiger partial charge in [-0.05, 0) is 6.92 Å². The predicted octanol–water partition coefficient (Wildman–Crippen LogP) is -0.811. The summed E-state index contributed by atoms with van der Waals surface area (Å²) in [5, 5.41) is 9.16. The first-order valence-corrected chi connectivity index (χ1v) is 3.57. The van der Waals surface area contributed by atoms with Crippen molar-refractivity contribution < 1.29 is 9.90 Å². The molecule has 0 aliphatic rings. The molecule has 1 rings (SSSR count). The van der Waals surface area contributed by atoms with Crippen LogP contribution in [0.15, 0.2) is 4.79 Å². The topological polar surface area (TPSA) is 109 Å². The molecule has 0 spiro atoms. The minimum absolute atomic E-state index is 0.0540. The van der Waals surface area contributed by atoms with Crippen molar-refractivity contribution in [1.29, 1.82) is 0 Å². The van der Waals surface area contributed by atoms with E-state index in [1.807, 2.05) is 0 Å². The highest BCUT2D eigenvalue weighted by Crippen LogP contribution is 2.09. The number of carbonyl (C=O) groups is 1. The number of H-pyrrole nitrogens is 1. The molecule has 13 heavy (non-hydrogen) atoms. The summed E-state index contributed by atoms with van der Waals surface area (Å²) in [6, 6.07) is 0. The summed E-state index contributed by atoms with van der Waals surface area (Å²) in [4.78, 5) is 27.4. The Kier molecular flexibility index (Phi) is 2.32. The third kappa shape index (κ3) is 2.05. The average Bonchev–Trinajstić information content (AvgIpc) is 1.96. The summed E-state index contributed by atoms with van der Waals surface area (Å²) in [6.07, 6.45) is -0.144. The number of nitrogens with two attached hydrogens (primary N) is 1. The fourth-order valence-corrected chi connectivity index (χ4v) is 0.911. The maximum atomic E-state index is 11.1. The van der Waals surface area contributed by atoms with E-state index in [0.29, 0.717) is 0 Å². The van der Waals surface area contributed by atoms with Crippen molar-refractivity contribution in [3.63, 3.8) is 0 Å². The highest BCUT2D eigenvalue weighted by molar-refractivity contribution is 5.78. The van der Waals surface area contributed by atoms with Crippen LogP contribution in [0.25, 0.3) is 0 Å². The van der Waals surface area contributed by atoms with Crippen molar-refractivity contribution in [3.8, 4) is 5.88 Å². The summed E-state index contributed by atoms with van der Waals surface area (Å²) < 4.78 is 0. The van der Waals surface area contributed by atoms with Crippen molar-refractivity contribution in [1.82, 2.24) is 9.97 Å². The number of aromatic hydroxyl groups is 1. The Morgan fingerprint density at radius 1 is 1.69 bits per heavy atom. The van der Waals surface area contributed by atoms with E-state index in [9.17, 15) is 9.59 Å². The van der Waals surface area contributed by atoms with Crippen LogP contribution >= 0.6 is 0 Å². The van der Waals surface area contributed by atoms with E-state index in [2.05, 4.69) is 9.97 Å². The molecule has 1 aromatic rings. The Morgan fingerprint density at radius 3 is 2.77 bits per heavy atom. The van der Waals surface area contributed by atoms with E-state index in [1.54, 1.807) is 0 Å². The smallest absolute Gasteiger partial charge is 0.259 e. The molecule has 4 N–H and O–H groups in total. The van der Waals surface area contributed by atoms with Crippen LogP contribution < -0.4 is 11.3 Å². The van der Waals surface area contributed by atoms with Gasteiger partial charge in [-0.3, -0.25) is 14.6 Å². The van der Waals surface area contributed by atoms with E-state index in [-0.39, 0.29) is 23.7 Å². The molecular formula is C7H9N3O3. The van der Waals surface area contributed by atoms with Gasteiger partial charge in [0.15, 0.2) is 0 Å². The average molecular weight is 183 g/mol. The molecule has 6 nitrogen and oxygen atoms in total. The largest absolute Gasteiger partial charge is 0.493 e. The number of aromatic amines is 1. The zero-order valence-corrected chi connectivity index (χ0v) is 7.00. The molecule has 0 radical (unpaired) electrons. The third-order valence-electron chi connectivity index (χ3n) is 1.44. The number of aromatic nitrogens is 2. The molecule has 0 fully saturated rings. The van der Waals surface area contributed by atoms with Gasteiger partial charge in [0.25, 0.3) is 5.56 Å². The van der Waals surface area contributed by atoms with Crippen molar-refractivity contribution in [2.45, 2.75) is 13.3 Å². The van der Waals surface area contributed by atoms with Crippen LogP contribution in [-0.4, -0.2) is 20.9 Å². The zero-order valence-electron chi connectivity index (χ0n) is 7.00. The molecule has 0 bridgehead atoms. The van der Waals surface area contributed by atoms with Crippen LogP contribution in [0.1, 0.15) is 12.5 Å². The molecule has 0 aromatic carbocycles. The van der Waals surface area contributed by atoms with Crippen LogP contribution in [0, 0.1) is 0 Å². The maximum absolute atomic E-state index is 11.1. The first-order chi connectivity index (χ1) is 6.00. The lowest BCUT2D eigenvalue weighted by atomic mass is 10.2. The van der Waals surface area contributed by atoms with Gasteiger partial charge in [-0.2, -0.15) is 4.98 Å². The molecule has 1 aromatic heterocycles. The van der Waals surface area contributed by atoms with E-state index in [1.165, 1.54) is 6.92 Å². The molecule has 0 unspecified atom stereocenters. The molecule has 0 aliphatic carbocycles. The van der Waals surface area contributed by atoms with E-state index in [4.69, 9.17) is 10.8 Å². The number of rotatable bonds is 2. The maximum Gasteiger partial charge on any atom is 0.259 e. The quantitative estimate of drug-likeness (QED) is 0.555. The summed E-state index contributed by atoms with van der Waals surface area (Å²) in [7, 11) is 0. The molecule has 70 valence electrons.